The molecule has 2 amide bonds. The van der Waals surface area contributed by atoms with Gasteiger partial charge < -0.3 is 14.9 Å². The Balaban J connectivity index is 0.000000617. The van der Waals surface area contributed by atoms with E-state index in [9.17, 15) is 31.2 Å². The molecule has 0 aliphatic carbocycles. The van der Waals surface area contributed by atoms with Gasteiger partial charge in [-0.3, -0.25) is 19.3 Å². The number of para-hydroxylation sites is 1. The minimum atomic E-state index is -5.08. The molecule has 1 fully saturated rings. The number of sulfonamides is 1. The SMILES string of the molecule is O=C(O)C(F)(F)F.O=C(c1ccc(NS(=O)(=O)c2cccc3cccnc23)cc1)N1CCCN(C(=O)c2ccc(Cl)cc2Cl)CC1. The molecule has 0 saturated carbocycles. The summed E-state index contributed by atoms with van der Waals surface area (Å²) in [5.74, 6) is -3.15. The van der Waals surface area contributed by atoms with E-state index in [4.69, 9.17) is 33.1 Å². The smallest absolute Gasteiger partial charge is 0.475 e. The van der Waals surface area contributed by atoms with Gasteiger partial charge in [0.1, 0.15) is 4.90 Å². The molecule has 0 radical (unpaired) electrons. The Morgan fingerprint density at radius 3 is 2.07 bits per heavy atom. The number of hydrogen-bond donors (Lipinski definition) is 2. The van der Waals surface area contributed by atoms with Gasteiger partial charge >= 0.3 is 12.1 Å². The first-order valence-corrected chi connectivity index (χ1v) is 15.7. The molecule has 0 atom stereocenters. The number of amides is 2. The van der Waals surface area contributed by atoms with E-state index < -0.39 is 22.2 Å². The van der Waals surface area contributed by atoms with Crippen LogP contribution in [-0.4, -0.2) is 78.4 Å². The second-order valence-corrected chi connectivity index (χ2v) is 12.4. The predicted octanol–water partition coefficient (Wildman–Crippen LogP) is 5.96. The van der Waals surface area contributed by atoms with Gasteiger partial charge in [0.25, 0.3) is 21.8 Å². The van der Waals surface area contributed by atoms with Crippen LogP contribution in [0.2, 0.25) is 10.0 Å². The Morgan fingerprint density at radius 2 is 1.46 bits per heavy atom. The van der Waals surface area contributed by atoms with Crippen LogP contribution in [0.15, 0.2) is 83.9 Å². The second-order valence-electron chi connectivity index (χ2n) is 9.88. The number of fused-ring (bicyclic) bond motifs is 1. The molecule has 242 valence electrons. The number of aliphatic carboxylic acids is 1. The van der Waals surface area contributed by atoms with Crippen molar-refractivity contribution in [2.45, 2.75) is 17.5 Å². The number of rotatable bonds is 5. The molecule has 0 unspecified atom stereocenters. The number of carboxylic acid groups (broad SMARTS) is 1. The summed E-state index contributed by atoms with van der Waals surface area (Å²) in [6.45, 7) is 1.70. The van der Waals surface area contributed by atoms with Crippen LogP contribution in [0, 0.1) is 0 Å². The van der Waals surface area contributed by atoms with Crippen LogP contribution in [0.25, 0.3) is 10.9 Å². The van der Waals surface area contributed by atoms with Crippen LogP contribution in [0.3, 0.4) is 0 Å². The molecule has 1 aromatic heterocycles. The minimum Gasteiger partial charge on any atom is -0.475 e. The van der Waals surface area contributed by atoms with Crippen molar-refractivity contribution in [3.63, 3.8) is 0 Å². The molecule has 2 heterocycles. The third-order valence-electron chi connectivity index (χ3n) is 6.74. The van der Waals surface area contributed by atoms with Crippen molar-refractivity contribution in [2.75, 3.05) is 30.9 Å². The number of pyridine rings is 1. The Labute approximate surface area is 271 Å². The van der Waals surface area contributed by atoms with Crippen molar-refractivity contribution in [2.24, 2.45) is 0 Å². The lowest BCUT2D eigenvalue weighted by Gasteiger charge is -2.23. The van der Waals surface area contributed by atoms with Gasteiger partial charge in [0.05, 0.1) is 16.1 Å². The lowest BCUT2D eigenvalue weighted by atomic mass is 10.2. The number of benzene rings is 3. The third kappa shape index (κ3) is 8.44. The molecule has 10 nitrogen and oxygen atoms in total. The average Bonchev–Trinajstić information content (AvgIpc) is 3.27. The summed E-state index contributed by atoms with van der Waals surface area (Å²) in [6, 6.07) is 19.6. The van der Waals surface area contributed by atoms with Crippen molar-refractivity contribution in [3.8, 4) is 0 Å². The van der Waals surface area contributed by atoms with E-state index in [-0.39, 0.29) is 21.7 Å². The van der Waals surface area contributed by atoms with E-state index in [1.807, 2.05) is 0 Å². The molecule has 1 aliphatic rings. The minimum absolute atomic E-state index is 0.0734. The van der Waals surface area contributed by atoms with Gasteiger partial charge in [0.2, 0.25) is 0 Å². The Morgan fingerprint density at radius 1 is 0.848 bits per heavy atom. The molecule has 0 spiro atoms. The van der Waals surface area contributed by atoms with E-state index in [0.29, 0.717) is 60.0 Å². The molecule has 1 saturated heterocycles. The zero-order valence-corrected chi connectivity index (χ0v) is 26.0. The highest BCUT2D eigenvalue weighted by Crippen LogP contribution is 2.25. The maximum atomic E-state index is 13.2. The number of halogens is 5. The van der Waals surface area contributed by atoms with Gasteiger partial charge in [-0.25, -0.2) is 13.2 Å². The molecule has 5 rings (SSSR count). The fraction of sp³-hybridized carbons (Fsp3) is 0.200. The number of aromatic nitrogens is 1. The van der Waals surface area contributed by atoms with E-state index >= 15 is 0 Å². The lowest BCUT2D eigenvalue weighted by Crippen LogP contribution is -2.37. The third-order valence-corrected chi connectivity index (χ3v) is 8.70. The lowest BCUT2D eigenvalue weighted by molar-refractivity contribution is -0.192. The summed E-state index contributed by atoms with van der Waals surface area (Å²) in [5.41, 5.74) is 1.50. The molecule has 4 aromatic rings. The Hall–Kier alpha value is -4.40. The molecule has 0 bridgehead atoms. The first-order chi connectivity index (χ1) is 21.7. The van der Waals surface area contributed by atoms with E-state index in [2.05, 4.69) is 9.71 Å². The van der Waals surface area contributed by atoms with Crippen molar-refractivity contribution >= 4 is 67.6 Å². The number of carbonyl (C=O) groups excluding carboxylic acids is 2. The summed E-state index contributed by atoms with van der Waals surface area (Å²) < 4.78 is 60.4. The number of hydrogen-bond acceptors (Lipinski definition) is 6. The average molecular weight is 698 g/mol. The zero-order chi connectivity index (χ0) is 33.6. The number of anilines is 1. The fourth-order valence-corrected chi connectivity index (χ4v) is 6.25. The number of alkyl halides is 3. The largest absolute Gasteiger partial charge is 0.490 e. The standard InChI is InChI=1S/C28H24Cl2N4O4S.C2HF3O2/c29-21-9-12-23(24(30)18-21)28(36)34-15-3-14-33(16-17-34)27(35)20-7-10-22(11-8-20)32-39(37,38)25-6-1-4-19-5-2-13-31-26(19)25;3-2(4,5)1(6)7/h1-2,4-13,18,32H,3,14-17H2;(H,6,7). The molecule has 16 heteroatoms. The van der Waals surface area contributed by atoms with Crippen LogP contribution in [-0.2, 0) is 14.8 Å². The summed E-state index contributed by atoms with van der Waals surface area (Å²) in [7, 11) is -3.90. The van der Waals surface area contributed by atoms with Crippen molar-refractivity contribution < 1.29 is 41.1 Å². The normalized spacial score (nSPS) is 13.8. The summed E-state index contributed by atoms with van der Waals surface area (Å²) in [5, 5.41) is 8.58. The monoisotopic (exact) mass is 696 g/mol. The number of carboxylic acids is 1. The molecule has 46 heavy (non-hydrogen) atoms. The van der Waals surface area contributed by atoms with Crippen LogP contribution in [0.5, 0.6) is 0 Å². The summed E-state index contributed by atoms with van der Waals surface area (Å²) in [6.07, 6.45) is -2.92. The Bertz CT molecular complexity index is 1870. The van der Waals surface area contributed by atoms with Crippen molar-refractivity contribution in [1.82, 2.24) is 14.8 Å². The topological polar surface area (TPSA) is 137 Å². The van der Waals surface area contributed by atoms with Gasteiger partial charge in [-0.05, 0) is 61.0 Å². The van der Waals surface area contributed by atoms with Gasteiger partial charge in [-0.1, -0.05) is 41.4 Å². The molecule has 2 N–H and O–H groups in total. The van der Waals surface area contributed by atoms with Crippen LogP contribution >= 0.6 is 23.2 Å². The van der Waals surface area contributed by atoms with Gasteiger partial charge in [0.15, 0.2) is 0 Å². The van der Waals surface area contributed by atoms with Crippen LogP contribution < -0.4 is 4.72 Å². The highest BCUT2D eigenvalue weighted by molar-refractivity contribution is 7.93. The maximum Gasteiger partial charge on any atom is 0.490 e. The van der Waals surface area contributed by atoms with E-state index in [1.165, 1.54) is 12.1 Å². The van der Waals surface area contributed by atoms with Gasteiger partial charge in [0, 0.05) is 54.0 Å². The summed E-state index contributed by atoms with van der Waals surface area (Å²) in [4.78, 5) is 42.8. The van der Waals surface area contributed by atoms with Gasteiger partial charge in [-0.2, -0.15) is 13.2 Å². The van der Waals surface area contributed by atoms with E-state index in [1.54, 1.807) is 76.7 Å². The number of nitrogens with zero attached hydrogens (tertiary/aromatic N) is 3. The second kappa shape index (κ2) is 14.4. The van der Waals surface area contributed by atoms with Crippen molar-refractivity contribution in [1.29, 1.82) is 0 Å². The van der Waals surface area contributed by atoms with Crippen LogP contribution in [0.1, 0.15) is 27.1 Å². The zero-order valence-electron chi connectivity index (χ0n) is 23.7. The first-order valence-electron chi connectivity index (χ1n) is 13.5. The predicted molar refractivity (Wildman–Crippen MR) is 166 cm³/mol. The summed E-state index contributed by atoms with van der Waals surface area (Å²) >= 11 is 12.2. The maximum absolute atomic E-state index is 13.2. The number of nitrogens with one attached hydrogen (secondary N) is 1. The number of carbonyl (C=O) groups is 3. The first kappa shape index (κ1) is 34.5. The highest BCUT2D eigenvalue weighted by Gasteiger charge is 2.38. The van der Waals surface area contributed by atoms with Crippen molar-refractivity contribution in [3.05, 3.63) is 100 Å². The molecular formula is C30H25Cl2F3N4O6S. The van der Waals surface area contributed by atoms with Gasteiger partial charge in [-0.15, -0.1) is 0 Å². The molecular weight excluding hydrogens is 672 g/mol. The van der Waals surface area contributed by atoms with E-state index in [0.717, 1.165) is 5.39 Å². The highest BCUT2D eigenvalue weighted by atomic mass is 35.5. The molecule has 1 aliphatic heterocycles. The Kier molecular flexibility index (Phi) is 10.8. The molecule has 3 aromatic carbocycles. The van der Waals surface area contributed by atoms with Crippen LogP contribution in [0.4, 0.5) is 18.9 Å². The fourth-order valence-electron chi connectivity index (χ4n) is 4.52. The quantitative estimate of drug-likeness (QED) is 0.263.